The molecule has 0 aliphatic carbocycles. The number of nitrogens with zero attached hydrogens (tertiary/aromatic N) is 5. The van der Waals surface area contributed by atoms with Crippen LogP contribution in [0.5, 0.6) is 0 Å². The SMILES string of the molecule is CCNC(=NCc1ccccc1S(=O)(=O)N(C)C)N1CCN(c2ccccn2)CC1.I. The summed E-state index contributed by atoms with van der Waals surface area (Å²) >= 11 is 0. The minimum atomic E-state index is -3.51. The van der Waals surface area contributed by atoms with E-state index < -0.39 is 10.0 Å². The molecule has 1 aliphatic heterocycles. The van der Waals surface area contributed by atoms with E-state index in [-0.39, 0.29) is 24.0 Å². The summed E-state index contributed by atoms with van der Waals surface area (Å²) in [5.74, 6) is 1.79. The maximum Gasteiger partial charge on any atom is 0.242 e. The molecular formula is C21H31IN6O2S. The molecule has 0 spiro atoms. The summed E-state index contributed by atoms with van der Waals surface area (Å²) < 4.78 is 26.5. The van der Waals surface area contributed by atoms with Crippen LogP contribution in [0.2, 0.25) is 0 Å². The summed E-state index contributed by atoms with van der Waals surface area (Å²) in [7, 11) is -0.430. The van der Waals surface area contributed by atoms with Crippen LogP contribution in [0.25, 0.3) is 0 Å². The van der Waals surface area contributed by atoms with Gasteiger partial charge in [-0.25, -0.2) is 22.7 Å². The summed E-state index contributed by atoms with van der Waals surface area (Å²) in [6.07, 6.45) is 1.81. The van der Waals surface area contributed by atoms with Gasteiger partial charge < -0.3 is 15.1 Å². The largest absolute Gasteiger partial charge is 0.357 e. The Labute approximate surface area is 202 Å². The Kier molecular flexibility index (Phi) is 9.51. The van der Waals surface area contributed by atoms with E-state index in [0.29, 0.717) is 17.0 Å². The maximum atomic E-state index is 12.6. The van der Waals surface area contributed by atoms with Gasteiger partial charge in [-0.1, -0.05) is 24.3 Å². The monoisotopic (exact) mass is 558 g/mol. The molecular weight excluding hydrogens is 527 g/mol. The van der Waals surface area contributed by atoms with Crippen LogP contribution in [-0.4, -0.2) is 75.4 Å². The van der Waals surface area contributed by atoms with Gasteiger partial charge in [0.25, 0.3) is 0 Å². The molecule has 0 unspecified atom stereocenters. The van der Waals surface area contributed by atoms with Crippen LogP contribution < -0.4 is 10.2 Å². The third-order valence-corrected chi connectivity index (χ3v) is 6.93. The van der Waals surface area contributed by atoms with E-state index in [1.54, 1.807) is 26.2 Å². The molecule has 10 heteroatoms. The maximum absolute atomic E-state index is 12.6. The zero-order chi connectivity index (χ0) is 21.6. The number of piperazine rings is 1. The number of rotatable bonds is 6. The Morgan fingerprint density at radius 3 is 2.39 bits per heavy atom. The highest BCUT2D eigenvalue weighted by Gasteiger charge is 2.22. The Hall–Kier alpha value is -1.92. The second-order valence-electron chi connectivity index (χ2n) is 7.23. The molecule has 0 saturated carbocycles. The fraction of sp³-hybridized carbons (Fsp3) is 0.429. The fourth-order valence-electron chi connectivity index (χ4n) is 3.36. The molecule has 2 aromatic rings. The lowest BCUT2D eigenvalue weighted by Crippen LogP contribution is -2.52. The van der Waals surface area contributed by atoms with E-state index in [4.69, 9.17) is 4.99 Å². The number of sulfonamides is 1. The topological polar surface area (TPSA) is 81.1 Å². The highest BCUT2D eigenvalue weighted by molar-refractivity contribution is 14.0. The van der Waals surface area contributed by atoms with E-state index in [2.05, 4.69) is 20.1 Å². The van der Waals surface area contributed by atoms with Crippen molar-refractivity contribution in [2.45, 2.75) is 18.4 Å². The number of hydrogen-bond donors (Lipinski definition) is 1. The standard InChI is InChI=1S/C21H30N6O2S.HI/c1-4-22-21(27-15-13-26(14-16-27)20-11-7-8-12-23-20)24-17-18-9-5-6-10-19(18)30(28,29)25(2)3;/h5-12H,4,13-17H2,1-3H3,(H,22,24);1H. The molecule has 1 aromatic heterocycles. The molecule has 170 valence electrons. The van der Waals surface area contributed by atoms with Crippen molar-refractivity contribution in [3.05, 3.63) is 54.2 Å². The van der Waals surface area contributed by atoms with Crippen LogP contribution in [0.1, 0.15) is 12.5 Å². The quantitative estimate of drug-likeness (QED) is 0.333. The summed E-state index contributed by atoms with van der Waals surface area (Å²) in [5.41, 5.74) is 0.689. The van der Waals surface area contributed by atoms with Gasteiger partial charge in [-0.2, -0.15) is 0 Å². The number of aromatic nitrogens is 1. The van der Waals surface area contributed by atoms with E-state index in [9.17, 15) is 8.42 Å². The summed E-state index contributed by atoms with van der Waals surface area (Å²) in [6.45, 7) is 6.42. The van der Waals surface area contributed by atoms with Gasteiger partial charge >= 0.3 is 0 Å². The molecule has 8 nitrogen and oxygen atoms in total. The van der Waals surface area contributed by atoms with E-state index in [1.807, 2.05) is 43.5 Å². The normalized spacial score (nSPS) is 15.0. The summed E-state index contributed by atoms with van der Waals surface area (Å²) in [6, 6.07) is 13.0. The Morgan fingerprint density at radius 1 is 1.10 bits per heavy atom. The lowest BCUT2D eigenvalue weighted by Gasteiger charge is -2.37. The predicted molar refractivity (Wildman–Crippen MR) is 136 cm³/mol. The van der Waals surface area contributed by atoms with Crippen molar-refractivity contribution in [1.82, 2.24) is 19.5 Å². The minimum Gasteiger partial charge on any atom is -0.357 e. The third-order valence-electron chi connectivity index (χ3n) is 5.02. The van der Waals surface area contributed by atoms with Crippen molar-refractivity contribution in [2.75, 3.05) is 51.7 Å². The Balaban J connectivity index is 0.00000341. The molecule has 1 aliphatic rings. The van der Waals surface area contributed by atoms with Gasteiger partial charge in [-0.05, 0) is 30.7 Å². The number of hydrogen-bond acceptors (Lipinski definition) is 5. The van der Waals surface area contributed by atoms with Crippen molar-refractivity contribution < 1.29 is 8.42 Å². The minimum absolute atomic E-state index is 0. The molecule has 0 bridgehead atoms. The summed E-state index contributed by atoms with van der Waals surface area (Å²) in [4.78, 5) is 14.0. The first-order valence-corrected chi connectivity index (χ1v) is 11.6. The van der Waals surface area contributed by atoms with Gasteiger partial charge in [0.2, 0.25) is 10.0 Å². The molecule has 1 N–H and O–H groups in total. The predicted octanol–water partition coefficient (Wildman–Crippen LogP) is 2.24. The Morgan fingerprint density at radius 2 is 1.77 bits per heavy atom. The number of benzene rings is 1. The van der Waals surface area contributed by atoms with Crippen molar-refractivity contribution in [3.8, 4) is 0 Å². The van der Waals surface area contributed by atoms with Crippen LogP contribution >= 0.6 is 24.0 Å². The zero-order valence-electron chi connectivity index (χ0n) is 18.2. The molecule has 0 radical (unpaired) electrons. The fourth-order valence-corrected chi connectivity index (χ4v) is 4.46. The smallest absolute Gasteiger partial charge is 0.242 e. The summed E-state index contributed by atoms with van der Waals surface area (Å²) in [5, 5.41) is 3.34. The highest BCUT2D eigenvalue weighted by Crippen LogP contribution is 2.19. The van der Waals surface area contributed by atoms with Crippen molar-refractivity contribution in [2.24, 2.45) is 4.99 Å². The van der Waals surface area contributed by atoms with Crippen LogP contribution in [0, 0.1) is 0 Å². The van der Waals surface area contributed by atoms with E-state index in [1.165, 1.54) is 4.31 Å². The lowest BCUT2D eigenvalue weighted by molar-refractivity contribution is 0.371. The number of anilines is 1. The van der Waals surface area contributed by atoms with Crippen molar-refractivity contribution in [1.29, 1.82) is 0 Å². The first-order valence-electron chi connectivity index (χ1n) is 10.1. The lowest BCUT2D eigenvalue weighted by atomic mass is 10.2. The average Bonchev–Trinajstić information content (AvgIpc) is 2.77. The highest BCUT2D eigenvalue weighted by atomic mass is 127. The average molecular weight is 558 g/mol. The van der Waals surface area contributed by atoms with Gasteiger partial charge in [0.05, 0.1) is 11.4 Å². The van der Waals surface area contributed by atoms with Crippen LogP contribution in [0.4, 0.5) is 5.82 Å². The molecule has 1 fully saturated rings. The van der Waals surface area contributed by atoms with E-state index >= 15 is 0 Å². The number of guanidine groups is 1. The molecule has 3 rings (SSSR count). The second kappa shape index (κ2) is 11.6. The van der Waals surface area contributed by atoms with Gasteiger partial charge in [0.15, 0.2) is 5.96 Å². The zero-order valence-corrected chi connectivity index (χ0v) is 21.4. The number of halogens is 1. The van der Waals surface area contributed by atoms with Crippen molar-refractivity contribution in [3.63, 3.8) is 0 Å². The molecule has 0 atom stereocenters. The molecule has 0 amide bonds. The van der Waals surface area contributed by atoms with Gasteiger partial charge in [0.1, 0.15) is 5.82 Å². The Bertz CT molecular complexity index is 961. The van der Waals surface area contributed by atoms with Crippen molar-refractivity contribution >= 4 is 45.8 Å². The third kappa shape index (κ3) is 6.30. The van der Waals surface area contributed by atoms with Gasteiger partial charge in [-0.15, -0.1) is 24.0 Å². The van der Waals surface area contributed by atoms with Crippen LogP contribution in [-0.2, 0) is 16.6 Å². The number of pyridine rings is 1. The first-order chi connectivity index (χ1) is 14.4. The first kappa shape index (κ1) is 25.3. The molecule has 31 heavy (non-hydrogen) atoms. The second-order valence-corrected chi connectivity index (χ2v) is 9.35. The van der Waals surface area contributed by atoms with Gasteiger partial charge in [-0.3, -0.25) is 0 Å². The number of aliphatic imine (C=N–C) groups is 1. The van der Waals surface area contributed by atoms with E-state index in [0.717, 1.165) is 44.5 Å². The molecule has 1 aromatic carbocycles. The number of nitrogens with one attached hydrogen (secondary N) is 1. The molecule has 2 heterocycles. The van der Waals surface area contributed by atoms with Crippen LogP contribution in [0.15, 0.2) is 58.5 Å². The van der Waals surface area contributed by atoms with Gasteiger partial charge in [0, 0.05) is 53.0 Å². The molecule has 1 saturated heterocycles. The van der Waals surface area contributed by atoms with Crippen LogP contribution in [0.3, 0.4) is 0 Å².